The van der Waals surface area contributed by atoms with E-state index in [1.807, 2.05) is 0 Å². The Morgan fingerprint density at radius 3 is 2.84 bits per heavy atom. The first-order valence-electron chi connectivity index (χ1n) is 5.47. The van der Waals surface area contributed by atoms with E-state index in [-0.39, 0.29) is 4.90 Å². The maximum Gasteiger partial charge on any atom is 0.262 e. The van der Waals surface area contributed by atoms with Gasteiger partial charge in [0.15, 0.2) is 0 Å². The standard InChI is InChI=1S/C11H13ClN4O2S/c1-13-5-8-4-10(2-3-11(8)12)19(17,18)16-9-6-14-15-7-9/h2-4,6-7,13,16H,5H2,1H3,(H,14,15). The summed E-state index contributed by atoms with van der Waals surface area (Å²) < 4.78 is 26.7. The van der Waals surface area contributed by atoms with Crippen LogP contribution in [0.1, 0.15) is 5.56 Å². The number of nitrogens with zero attached hydrogens (tertiary/aromatic N) is 1. The fraction of sp³-hybridized carbons (Fsp3) is 0.182. The van der Waals surface area contributed by atoms with E-state index in [0.717, 1.165) is 5.56 Å². The van der Waals surface area contributed by atoms with E-state index in [1.165, 1.54) is 18.5 Å². The van der Waals surface area contributed by atoms with E-state index in [4.69, 9.17) is 11.6 Å². The van der Waals surface area contributed by atoms with Gasteiger partial charge >= 0.3 is 0 Å². The van der Waals surface area contributed by atoms with Gasteiger partial charge in [0.1, 0.15) is 0 Å². The monoisotopic (exact) mass is 300 g/mol. The molecule has 0 aliphatic heterocycles. The zero-order valence-corrected chi connectivity index (χ0v) is 11.7. The van der Waals surface area contributed by atoms with Crippen LogP contribution in [0, 0.1) is 0 Å². The molecule has 0 saturated carbocycles. The molecule has 0 unspecified atom stereocenters. The van der Waals surface area contributed by atoms with Crippen molar-refractivity contribution in [1.82, 2.24) is 15.5 Å². The number of rotatable bonds is 5. The van der Waals surface area contributed by atoms with Crippen LogP contribution in [0.25, 0.3) is 0 Å². The predicted octanol–water partition coefficient (Wildman–Crippen LogP) is 1.58. The number of hydrogen-bond donors (Lipinski definition) is 3. The summed E-state index contributed by atoms with van der Waals surface area (Å²) in [6.07, 6.45) is 2.85. The van der Waals surface area contributed by atoms with Gasteiger partial charge in [0, 0.05) is 17.8 Å². The van der Waals surface area contributed by atoms with Crippen molar-refractivity contribution in [3.8, 4) is 0 Å². The van der Waals surface area contributed by atoms with Crippen molar-refractivity contribution in [3.05, 3.63) is 41.2 Å². The Labute approximate surface area is 116 Å². The molecule has 0 fully saturated rings. The molecule has 0 bridgehead atoms. The lowest BCUT2D eigenvalue weighted by molar-refractivity contribution is 0.601. The topological polar surface area (TPSA) is 86.9 Å². The van der Waals surface area contributed by atoms with Gasteiger partial charge in [-0.15, -0.1) is 0 Å². The highest BCUT2D eigenvalue weighted by molar-refractivity contribution is 7.92. The molecule has 0 aliphatic rings. The first-order valence-corrected chi connectivity index (χ1v) is 7.33. The van der Waals surface area contributed by atoms with E-state index in [2.05, 4.69) is 20.2 Å². The van der Waals surface area contributed by atoms with Gasteiger partial charge < -0.3 is 5.32 Å². The molecule has 8 heteroatoms. The Morgan fingerprint density at radius 2 is 2.21 bits per heavy atom. The molecule has 3 N–H and O–H groups in total. The van der Waals surface area contributed by atoms with Crippen LogP contribution in [0.2, 0.25) is 5.02 Å². The van der Waals surface area contributed by atoms with Gasteiger partial charge in [0.2, 0.25) is 0 Å². The summed E-state index contributed by atoms with van der Waals surface area (Å²) in [7, 11) is -1.87. The zero-order chi connectivity index (χ0) is 13.9. The fourth-order valence-corrected chi connectivity index (χ4v) is 2.83. The number of anilines is 1. The van der Waals surface area contributed by atoms with Crippen molar-refractivity contribution in [3.63, 3.8) is 0 Å². The summed E-state index contributed by atoms with van der Waals surface area (Å²) in [5.74, 6) is 0. The van der Waals surface area contributed by atoms with Crippen LogP contribution >= 0.6 is 11.6 Å². The zero-order valence-electron chi connectivity index (χ0n) is 10.1. The number of benzene rings is 1. The molecule has 0 aliphatic carbocycles. The molecule has 0 amide bonds. The molecule has 1 aromatic carbocycles. The number of nitrogens with one attached hydrogen (secondary N) is 3. The van der Waals surface area contributed by atoms with Crippen molar-refractivity contribution in [2.45, 2.75) is 11.4 Å². The van der Waals surface area contributed by atoms with Crippen molar-refractivity contribution in [2.24, 2.45) is 0 Å². The van der Waals surface area contributed by atoms with Crippen LogP contribution in [0.4, 0.5) is 5.69 Å². The van der Waals surface area contributed by atoms with Gasteiger partial charge in [-0.2, -0.15) is 5.10 Å². The van der Waals surface area contributed by atoms with Crippen LogP contribution in [0.15, 0.2) is 35.5 Å². The van der Waals surface area contributed by atoms with Gasteiger partial charge in [0.25, 0.3) is 10.0 Å². The Bertz CT molecular complexity index is 655. The quantitative estimate of drug-likeness (QED) is 0.782. The lowest BCUT2D eigenvalue weighted by Gasteiger charge is -2.09. The molecule has 2 aromatic rings. The third-order valence-corrected chi connectivity index (χ3v) is 4.19. The molecule has 2 rings (SSSR count). The number of hydrogen-bond acceptors (Lipinski definition) is 4. The van der Waals surface area contributed by atoms with E-state index < -0.39 is 10.0 Å². The summed E-state index contributed by atoms with van der Waals surface area (Å²) in [5, 5.41) is 9.67. The maximum absolute atomic E-state index is 12.2. The highest BCUT2D eigenvalue weighted by Crippen LogP contribution is 2.22. The van der Waals surface area contributed by atoms with Gasteiger partial charge in [-0.05, 0) is 30.8 Å². The summed E-state index contributed by atoms with van der Waals surface area (Å²) in [6, 6.07) is 4.57. The average molecular weight is 301 g/mol. The Hall–Kier alpha value is -1.57. The average Bonchev–Trinajstić information content (AvgIpc) is 2.84. The Morgan fingerprint density at radius 1 is 1.42 bits per heavy atom. The van der Waals surface area contributed by atoms with E-state index in [1.54, 1.807) is 19.2 Å². The molecule has 0 spiro atoms. The van der Waals surface area contributed by atoms with E-state index in [0.29, 0.717) is 17.3 Å². The maximum atomic E-state index is 12.2. The highest BCUT2D eigenvalue weighted by Gasteiger charge is 2.16. The van der Waals surface area contributed by atoms with Crippen molar-refractivity contribution < 1.29 is 8.42 Å². The van der Waals surface area contributed by atoms with Crippen LogP contribution in [-0.4, -0.2) is 25.7 Å². The molecular formula is C11H13ClN4O2S. The molecule has 0 atom stereocenters. The van der Waals surface area contributed by atoms with Gasteiger partial charge in [-0.25, -0.2) is 8.42 Å². The van der Waals surface area contributed by atoms with Crippen molar-refractivity contribution in [2.75, 3.05) is 11.8 Å². The van der Waals surface area contributed by atoms with Crippen molar-refractivity contribution >= 4 is 27.3 Å². The summed E-state index contributed by atoms with van der Waals surface area (Å²) in [5.41, 5.74) is 1.10. The molecule has 0 radical (unpaired) electrons. The second-order valence-electron chi connectivity index (χ2n) is 3.88. The SMILES string of the molecule is CNCc1cc(S(=O)(=O)Nc2cn[nH]c2)ccc1Cl. The normalized spacial score (nSPS) is 11.5. The van der Waals surface area contributed by atoms with E-state index >= 15 is 0 Å². The first kappa shape index (κ1) is 13.9. The third-order valence-electron chi connectivity index (χ3n) is 2.45. The molecular weight excluding hydrogens is 288 g/mol. The van der Waals surface area contributed by atoms with Gasteiger partial charge in [-0.3, -0.25) is 9.82 Å². The minimum Gasteiger partial charge on any atom is -0.316 e. The Kier molecular flexibility index (Phi) is 4.08. The molecule has 1 heterocycles. The lowest BCUT2D eigenvalue weighted by Crippen LogP contribution is -2.14. The summed E-state index contributed by atoms with van der Waals surface area (Å²) >= 11 is 6.00. The number of aromatic amines is 1. The van der Waals surface area contributed by atoms with Gasteiger partial charge in [0.05, 0.1) is 16.8 Å². The minimum absolute atomic E-state index is 0.156. The third kappa shape index (κ3) is 3.25. The second-order valence-corrected chi connectivity index (χ2v) is 5.97. The molecule has 102 valence electrons. The number of H-pyrrole nitrogens is 1. The molecule has 1 aromatic heterocycles. The van der Waals surface area contributed by atoms with Gasteiger partial charge in [-0.1, -0.05) is 11.6 Å². The number of halogens is 1. The Balaban J connectivity index is 2.32. The molecule has 0 saturated heterocycles. The van der Waals surface area contributed by atoms with Crippen LogP contribution in [0.3, 0.4) is 0 Å². The number of sulfonamides is 1. The number of aromatic nitrogens is 2. The van der Waals surface area contributed by atoms with Crippen LogP contribution < -0.4 is 10.0 Å². The largest absolute Gasteiger partial charge is 0.316 e. The highest BCUT2D eigenvalue weighted by atomic mass is 35.5. The smallest absolute Gasteiger partial charge is 0.262 e. The van der Waals surface area contributed by atoms with Crippen LogP contribution in [0.5, 0.6) is 0 Å². The fourth-order valence-electron chi connectivity index (χ4n) is 1.56. The summed E-state index contributed by atoms with van der Waals surface area (Å²) in [6.45, 7) is 0.494. The molecule has 6 nitrogen and oxygen atoms in total. The minimum atomic E-state index is -3.64. The van der Waals surface area contributed by atoms with Crippen LogP contribution in [-0.2, 0) is 16.6 Å². The first-order chi connectivity index (χ1) is 9.03. The second kappa shape index (κ2) is 5.60. The predicted molar refractivity (Wildman–Crippen MR) is 73.6 cm³/mol. The summed E-state index contributed by atoms with van der Waals surface area (Å²) in [4.78, 5) is 0.156. The van der Waals surface area contributed by atoms with E-state index in [9.17, 15) is 8.42 Å². The molecule has 19 heavy (non-hydrogen) atoms. The lowest BCUT2D eigenvalue weighted by atomic mass is 10.2. The van der Waals surface area contributed by atoms with Crippen molar-refractivity contribution in [1.29, 1.82) is 0 Å².